The smallest absolute Gasteiger partial charge is 0.305 e. The summed E-state index contributed by atoms with van der Waals surface area (Å²) in [5, 5.41) is 2.69. The monoisotopic (exact) mass is 384 g/mol. The maximum atomic E-state index is 13.3. The van der Waals surface area contributed by atoms with Gasteiger partial charge in [-0.25, -0.2) is 4.98 Å². The van der Waals surface area contributed by atoms with Gasteiger partial charge in [-0.2, -0.15) is 0 Å². The zero-order chi connectivity index (χ0) is 19.6. The second kappa shape index (κ2) is 8.05. The van der Waals surface area contributed by atoms with Crippen LogP contribution in [-0.2, 0) is 22.5 Å². The van der Waals surface area contributed by atoms with Gasteiger partial charge in [0.1, 0.15) is 10.7 Å². The molecule has 5 nitrogen and oxygen atoms in total. The Hall–Kier alpha value is -2.47. The molecule has 2 heterocycles. The molecule has 0 spiro atoms. The summed E-state index contributed by atoms with van der Waals surface area (Å²) in [5.74, 6) is 0.494. The Balaban J connectivity index is 2.10. The molecule has 0 aliphatic heterocycles. The number of rotatable bonds is 6. The van der Waals surface area contributed by atoms with Gasteiger partial charge in [0.05, 0.1) is 12.5 Å². The Kier molecular flexibility index (Phi) is 5.75. The van der Waals surface area contributed by atoms with Crippen molar-refractivity contribution in [3.05, 3.63) is 50.9 Å². The van der Waals surface area contributed by atoms with Crippen molar-refractivity contribution in [1.29, 1.82) is 0 Å². The Bertz CT molecular complexity index is 1050. The quantitative estimate of drug-likeness (QED) is 0.596. The lowest BCUT2D eigenvalue weighted by atomic mass is 9.99. The molecule has 0 aliphatic carbocycles. The second-order valence-electron chi connectivity index (χ2n) is 6.67. The van der Waals surface area contributed by atoms with Crippen LogP contribution in [0.25, 0.3) is 21.3 Å². The van der Waals surface area contributed by atoms with Gasteiger partial charge in [-0.05, 0) is 31.4 Å². The third kappa shape index (κ3) is 3.81. The summed E-state index contributed by atoms with van der Waals surface area (Å²) in [6, 6.07) is 6.26. The molecule has 0 unspecified atom stereocenters. The number of esters is 1. The summed E-state index contributed by atoms with van der Waals surface area (Å²) in [6.45, 7) is 6.58. The van der Waals surface area contributed by atoms with Gasteiger partial charge >= 0.3 is 5.97 Å². The topological polar surface area (TPSA) is 61.2 Å². The molecule has 0 fully saturated rings. The van der Waals surface area contributed by atoms with Gasteiger partial charge in [-0.1, -0.05) is 30.7 Å². The van der Waals surface area contributed by atoms with Gasteiger partial charge in [0.25, 0.3) is 5.56 Å². The Morgan fingerprint density at radius 3 is 2.70 bits per heavy atom. The minimum absolute atomic E-state index is 0.0297. The SMILES string of the molecule is CCc1nc2scc(-c3ccc(C)cc3C)c2c(=O)n1CCCC(=O)OC. The first-order chi connectivity index (χ1) is 13.0. The lowest BCUT2D eigenvalue weighted by molar-refractivity contribution is -0.140. The zero-order valence-corrected chi connectivity index (χ0v) is 17.0. The van der Waals surface area contributed by atoms with Crippen LogP contribution in [-0.4, -0.2) is 22.6 Å². The highest BCUT2D eigenvalue weighted by molar-refractivity contribution is 7.17. The van der Waals surface area contributed by atoms with E-state index in [0.29, 0.717) is 24.8 Å². The van der Waals surface area contributed by atoms with Crippen LogP contribution in [0.3, 0.4) is 0 Å². The average molecular weight is 385 g/mol. The first-order valence-corrected chi connectivity index (χ1v) is 9.99. The summed E-state index contributed by atoms with van der Waals surface area (Å²) in [6.07, 6.45) is 1.51. The van der Waals surface area contributed by atoms with Gasteiger partial charge < -0.3 is 4.74 Å². The van der Waals surface area contributed by atoms with Gasteiger partial charge in [-0.3, -0.25) is 14.2 Å². The number of ether oxygens (including phenoxy) is 1. The van der Waals surface area contributed by atoms with Gasteiger partial charge in [0, 0.05) is 30.3 Å². The predicted molar refractivity (Wildman–Crippen MR) is 109 cm³/mol. The molecule has 0 saturated carbocycles. The molecular weight excluding hydrogens is 360 g/mol. The zero-order valence-electron chi connectivity index (χ0n) is 16.2. The van der Waals surface area contributed by atoms with Crippen molar-refractivity contribution >= 4 is 27.5 Å². The van der Waals surface area contributed by atoms with Crippen LogP contribution in [0, 0.1) is 13.8 Å². The number of thiophene rings is 1. The number of methoxy groups -OCH3 is 1. The Morgan fingerprint density at radius 1 is 1.26 bits per heavy atom. The fourth-order valence-electron chi connectivity index (χ4n) is 3.36. The third-order valence-electron chi connectivity index (χ3n) is 4.75. The maximum absolute atomic E-state index is 13.3. The number of carbonyl (C=O) groups is 1. The maximum Gasteiger partial charge on any atom is 0.305 e. The number of nitrogens with zero attached hydrogens (tertiary/aromatic N) is 2. The lowest BCUT2D eigenvalue weighted by Gasteiger charge is -2.12. The van der Waals surface area contributed by atoms with Crippen LogP contribution in [0.1, 0.15) is 36.7 Å². The molecule has 0 bridgehead atoms. The highest BCUT2D eigenvalue weighted by Crippen LogP contribution is 2.33. The molecule has 2 aromatic heterocycles. The van der Waals surface area contributed by atoms with Crippen LogP contribution in [0.15, 0.2) is 28.4 Å². The summed E-state index contributed by atoms with van der Waals surface area (Å²) < 4.78 is 6.41. The van der Waals surface area contributed by atoms with E-state index in [2.05, 4.69) is 32.0 Å². The van der Waals surface area contributed by atoms with Gasteiger partial charge in [0.15, 0.2) is 0 Å². The summed E-state index contributed by atoms with van der Waals surface area (Å²) in [4.78, 5) is 30.2. The van der Waals surface area contributed by atoms with Crippen molar-refractivity contribution in [2.24, 2.45) is 0 Å². The Morgan fingerprint density at radius 2 is 2.04 bits per heavy atom. The van der Waals surface area contributed by atoms with Gasteiger partial charge in [-0.15, -0.1) is 11.3 Å². The molecule has 0 atom stereocenters. The normalized spacial score (nSPS) is 11.1. The number of carbonyl (C=O) groups excluding carboxylic acids is 1. The lowest BCUT2D eigenvalue weighted by Crippen LogP contribution is -2.25. The van der Waals surface area contributed by atoms with E-state index in [1.165, 1.54) is 24.0 Å². The highest BCUT2D eigenvalue weighted by atomic mass is 32.1. The van der Waals surface area contributed by atoms with Crippen LogP contribution in [0.4, 0.5) is 0 Å². The van der Waals surface area contributed by atoms with Crippen LogP contribution in [0.5, 0.6) is 0 Å². The van der Waals surface area contributed by atoms with E-state index >= 15 is 0 Å². The van der Waals surface area contributed by atoms with E-state index in [1.807, 2.05) is 12.3 Å². The number of fused-ring (bicyclic) bond motifs is 1. The minimum Gasteiger partial charge on any atom is -0.469 e. The van der Waals surface area contributed by atoms with Crippen molar-refractivity contribution in [3.63, 3.8) is 0 Å². The predicted octanol–water partition coefficient (Wildman–Crippen LogP) is 4.26. The summed E-state index contributed by atoms with van der Waals surface area (Å²) in [5.41, 5.74) is 4.32. The summed E-state index contributed by atoms with van der Waals surface area (Å²) in [7, 11) is 1.38. The molecule has 0 N–H and O–H groups in total. The number of aryl methyl sites for hydroxylation is 3. The van der Waals surface area contributed by atoms with E-state index in [4.69, 9.17) is 9.72 Å². The molecule has 0 amide bonds. The number of aromatic nitrogens is 2. The average Bonchev–Trinajstić information content (AvgIpc) is 3.07. The van der Waals surface area contributed by atoms with Crippen molar-refractivity contribution in [1.82, 2.24) is 9.55 Å². The number of benzene rings is 1. The van der Waals surface area contributed by atoms with E-state index in [0.717, 1.165) is 27.3 Å². The van der Waals surface area contributed by atoms with E-state index < -0.39 is 0 Å². The largest absolute Gasteiger partial charge is 0.469 e. The molecule has 142 valence electrons. The number of hydrogen-bond acceptors (Lipinski definition) is 5. The summed E-state index contributed by atoms with van der Waals surface area (Å²) >= 11 is 1.51. The Labute approximate surface area is 162 Å². The van der Waals surface area contributed by atoms with E-state index in [1.54, 1.807) is 4.57 Å². The van der Waals surface area contributed by atoms with Crippen molar-refractivity contribution in [2.75, 3.05) is 7.11 Å². The van der Waals surface area contributed by atoms with Crippen molar-refractivity contribution in [2.45, 2.75) is 46.6 Å². The standard InChI is InChI=1S/C21H24N2O3S/c1-5-17-22-20-19(21(25)23(17)10-6-7-18(24)26-4)16(12-27-20)15-9-8-13(2)11-14(15)3/h8-9,11-12H,5-7,10H2,1-4H3. The molecule has 0 aliphatic rings. The third-order valence-corrected chi connectivity index (χ3v) is 5.62. The first-order valence-electron chi connectivity index (χ1n) is 9.11. The highest BCUT2D eigenvalue weighted by Gasteiger charge is 2.17. The number of hydrogen-bond donors (Lipinski definition) is 0. The van der Waals surface area contributed by atoms with Crippen molar-refractivity contribution in [3.8, 4) is 11.1 Å². The molecule has 1 aromatic carbocycles. The second-order valence-corrected chi connectivity index (χ2v) is 7.52. The molecule has 27 heavy (non-hydrogen) atoms. The molecule has 6 heteroatoms. The molecule has 0 radical (unpaired) electrons. The van der Waals surface area contributed by atoms with E-state index in [9.17, 15) is 9.59 Å². The minimum atomic E-state index is -0.262. The molecule has 0 saturated heterocycles. The molecule has 3 rings (SSSR count). The van der Waals surface area contributed by atoms with E-state index in [-0.39, 0.29) is 17.9 Å². The van der Waals surface area contributed by atoms with Crippen LogP contribution < -0.4 is 5.56 Å². The fraction of sp³-hybridized carbons (Fsp3) is 0.381. The van der Waals surface area contributed by atoms with Gasteiger partial charge in [0.2, 0.25) is 0 Å². The molecular formula is C21H24N2O3S. The van der Waals surface area contributed by atoms with Crippen LogP contribution >= 0.6 is 11.3 Å². The fourth-order valence-corrected chi connectivity index (χ4v) is 4.31. The van der Waals surface area contributed by atoms with Crippen LogP contribution in [0.2, 0.25) is 0 Å². The van der Waals surface area contributed by atoms with Crippen molar-refractivity contribution < 1.29 is 9.53 Å². The molecule has 3 aromatic rings. The first kappa shape index (κ1) is 19.3.